The second kappa shape index (κ2) is 11.3. The molecule has 4 rings (SSSR count). The minimum Gasteiger partial charge on any atom is -0.496 e. The van der Waals surface area contributed by atoms with Crippen LogP contribution in [0.1, 0.15) is 82.4 Å². The standard InChI is InChI=1S/C29H31BrO2.C4H10/c1-17-13-20(15-21(30)14-17)28-27-22(26-23(31-7)9-8-10-24(26)32-28)12-11-18(2)25(27)19(3)16-29(4,5)6;1-4(2)3/h8-16,28H,1-7H3;4H,1-3H3/b19-16-;. The molecular weight excluding hydrogens is 508 g/mol. The van der Waals surface area contributed by atoms with Crippen LogP contribution in [-0.4, -0.2) is 7.11 Å². The predicted octanol–water partition coefficient (Wildman–Crippen LogP) is 10.3. The maximum Gasteiger partial charge on any atom is 0.150 e. The molecule has 0 saturated carbocycles. The summed E-state index contributed by atoms with van der Waals surface area (Å²) in [5, 5.41) is 0. The van der Waals surface area contributed by atoms with Gasteiger partial charge in [0, 0.05) is 10.0 Å². The second-order valence-electron chi connectivity index (χ2n) is 11.5. The van der Waals surface area contributed by atoms with E-state index in [0.717, 1.165) is 33.0 Å². The molecule has 36 heavy (non-hydrogen) atoms. The number of aryl methyl sites for hydroxylation is 2. The Kier molecular flexibility index (Phi) is 8.77. The van der Waals surface area contributed by atoms with Crippen molar-refractivity contribution in [2.24, 2.45) is 11.3 Å². The number of methoxy groups -OCH3 is 1. The number of hydrogen-bond acceptors (Lipinski definition) is 2. The first kappa shape index (κ1) is 28.1. The lowest BCUT2D eigenvalue weighted by Gasteiger charge is -2.33. The number of halogens is 1. The summed E-state index contributed by atoms with van der Waals surface area (Å²) in [6.07, 6.45) is 2.15. The number of fused-ring (bicyclic) bond motifs is 3. The molecule has 0 fully saturated rings. The molecule has 0 bridgehead atoms. The highest BCUT2D eigenvalue weighted by Crippen LogP contribution is 2.51. The quantitative estimate of drug-likeness (QED) is 0.324. The average molecular weight is 550 g/mol. The highest BCUT2D eigenvalue weighted by Gasteiger charge is 2.33. The molecule has 0 N–H and O–H groups in total. The van der Waals surface area contributed by atoms with Crippen molar-refractivity contribution in [3.05, 3.63) is 86.9 Å². The van der Waals surface area contributed by atoms with Gasteiger partial charge in [-0.2, -0.15) is 0 Å². The van der Waals surface area contributed by atoms with Crippen LogP contribution in [0.25, 0.3) is 16.7 Å². The van der Waals surface area contributed by atoms with E-state index in [1.807, 2.05) is 18.2 Å². The maximum atomic E-state index is 6.74. The predicted molar refractivity (Wildman–Crippen MR) is 158 cm³/mol. The normalized spacial score (nSPS) is 14.9. The summed E-state index contributed by atoms with van der Waals surface area (Å²) >= 11 is 3.69. The zero-order valence-corrected chi connectivity index (χ0v) is 25.1. The number of allylic oxidation sites excluding steroid dienone is 2. The van der Waals surface area contributed by atoms with E-state index in [9.17, 15) is 0 Å². The fourth-order valence-electron chi connectivity index (χ4n) is 4.85. The number of rotatable bonds is 3. The largest absolute Gasteiger partial charge is 0.496 e. The fraction of sp³-hybridized carbons (Fsp3) is 0.394. The van der Waals surface area contributed by atoms with Gasteiger partial charge in [0.05, 0.1) is 12.7 Å². The summed E-state index contributed by atoms with van der Waals surface area (Å²) in [6, 6.07) is 17.0. The summed E-state index contributed by atoms with van der Waals surface area (Å²) < 4.78 is 13.6. The van der Waals surface area contributed by atoms with Crippen molar-refractivity contribution in [2.75, 3.05) is 7.11 Å². The molecule has 3 aromatic rings. The van der Waals surface area contributed by atoms with Gasteiger partial charge in [-0.3, -0.25) is 0 Å². The Hall–Kier alpha value is -2.52. The molecule has 0 aliphatic carbocycles. The van der Waals surface area contributed by atoms with Crippen LogP contribution in [-0.2, 0) is 0 Å². The average Bonchev–Trinajstić information content (AvgIpc) is 2.75. The highest BCUT2D eigenvalue weighted by atomic mass is 79.9. The Morgan fingerprint density at radius 1 is 1.03 bits per heavy atom. The van der Waals surface area contributed by atoms with Gasteiger partial charge in [0.25, 0.3) is 0 Å². The van der Waals surface area contributed by atoms with Crippen molar-refractivity contribution >= 4 is 21.5 Å². The number of ether oxygens (including phenoxy) is 2. The third-order valence-corrected chi connectivity index (χ3v) is 6.31. The Balaban J connectivity index is 0.000000840. The van der Waals surface area contributed by atoms with E-state index in [1.54, 1.807) is 7.11 Å². The zero-order chi connectivity index (χ0) is 26.8. The van der Waals surface area contributed by atoms with Crippen LogP contribution in [0.4, 0.5) is 0 Å². The molecule has 3 aromatic carbocycles. The summed E-state index contributed by atoms with van der Waals surface area (Å²) in [4.78, 5) is 0. The molecule has 3 heteroatoms. The molecule has 1 aliphatic heterocycles. The van der Waals surface area contributed by atoms with Gasteiger partial charge in [0.2, 0.25) is 0 Å². The molecule has 1 atom stereocenters. The van der Waals surface area contributed by atoms with Gasteiger partial charge >= 0.3 is 0 Å². The van der Waals surface area contributed by atoms with Crippen LogP contribution in [0.3, 0.4) is 0 Å². The van der Waals surface area contributed by atoms with Crippen LogP contribution in [0, 0.1) is 25.2 Å². The molecule has 2 nitrogen and oxygen atoms in total. The summed E-state index contributed by atoms with van der Waals surface area (Å²) in [7, 11) is 1.72. The molecule has 1 aliphatic rings. The lowest BCUT2D eigenvalue weighted by Crippen LogP contribution is -2.19. The molecule has 0 saturated heterocycles. The van der Waals surface area contributed by atoms with Crippen molar-refractivity contribution in [1.82, 2.24) is 0 Å². The van der Waals surface area contributed by atoms with Crippen LogP contribution >= 0.6 is 15.9 Å². The van der Waals surface area contributed by atoms with Crippen molar-refractivity contribution in [3.8, 4) is 22.6 Å². The molecule has 1 unspecified atom stereocenters. The van der Waals surface area contributed by atoms with Crippen LogP contribution < -0.4 is 9.47 Å². The molecular formula is C33H41BrO2. The molecule has 1 heterocycles. The van der Waals surface area contributed by atoms with E-state index < -0.39 is 0 Å². The van der Waals surface area contributed by atoms with E-state index in [4.69, 9.17) is 9.47 Å². The Morgan fingerprint density at radius 3 is 2.28 bits per heavy atom. The van der Waals surface area contributed by atoms with Crippen molar-refractivity contribution in [2.45, 2.75) is 68.4 Å². The lowest BCUT2D eigenvalue weighted by atomic mass is 9.80. The molecule has 192 valence electrons. The lowest BCUT2D eigenvalue weighted by molar-refractivity contribution is 0.241. The van der Waals surface area contributed by atoms with E-state index in [1.165, 1.54) is 33.4 Å². The Morgan fingerprint density at radius 2 is 1.69 bits per heavy atom. The second-order valence-corrected chi connectivity index (χ2v) is 12.5. The van der Waals surface area contributed by atoms with Crippen molar-refractivity contribution < 1.29 is 9.47 Å². The monoisotopic (exact) mass is 548 g/mol. The molecule has 0 radical (unpaired) electrons. The van der Waals surface area contributed by atoms with Gasteiger partial charge in [-0.15, -0.1) is 0 Å². The SMILES string of the molecule is CC(C)C.COc1cccc2c1-c1ccc(C)c(/C(C)=C\C(C)(C)C)c1C(c1cc(C)cc(Br)c1)O2. The maximum absolute atomic E-state index is 6.74. The van der Waals surface area contributed by atoms with E-state index in [2.05, 4.69) is 115 Å². The van der Waals surface area contributed by atoms with Crippen LogP contribution in [0.5, 0.6) is 11.5 Å². The van der Waals surface area contributed by atoms with Crippen LogP contribution in [0.15, 0.2) is 59.1 Å². The van der Waals surface area contributed by atoms with Gasteiger partial charge in [-0.25, -0.2) is 0 Å². The first-order chi connectivity index (χ1) is 16.8. The smallest absolute Gasteiger partial charge is 0.150 e. The van der Waals surface area contributed by atoms with Gasteiger partial charge in [0.1, 0.15) is 11.5 Å². The first-order valence-electron chi connectivity index (χ1n) is 12.8. The fourth-order valence-corrected chi connectivity index (χ4v) is 5.47. The van der Waals surface area contributed by atoms with Crippen molar-refractivity contribution in [3.63, 3.8) is 0 Å². The van der Waals surface area contributed by atoms with Gasteiger partial charge in [-0.1, -0.05) is 87.8 Å². The third kappa shape index (κ3) is 6.42. The van der Waals surface area contributed by atoms with E-state index in [0.29, 0.717) is 0 Å². The van der Waals surface area contributed by atoms with Gasteiger partial charge < -0.3 is 9.47 Å². The molecule has 0 amide bonds. The van der Waals surface area contributed by atoms with Gasteiger partial charge in [0.15, 0.2) is 6.10 Å². The summed E-state index contributed by atoms with van der Waals surface area (Å²) in [5.41, 5.74) is 9.60. The molecule has 0 aromatic heterocycles. The van der Waals surface area contributed by atoms with E-state index >= 15 is 0 Å². The number of hydrogen-bond donors (Lipinski definition) is 0. The zero-order valence-electron chi connectivity index (χ0n) is 23.5. The summed E-state index contributed by atoms with van der Waals surface area (Å²) in [6.45, 7) is 19.8. The third-order valence-electron chi connectivity index (χ3n) is 5.85. The Bertz CT molecular complexity index is 1240. The topological polar surface area (TPSA) is 18.5 Å². The van der Waals surface area contributed by atoms with Crippen molar-refractivity contribution in [1.29, 1.82) is 0 Å². The Labute approximate surface area is 226 Å². The molecule has 0 spiro atoms. The minimum absolute atomic E-state index is 0.0756. The van der Waals surface area contributed by atoms with Gasteiger partial charge in [-0.05, 0) is 89.8 Å². The summed E-state index contributed by atoms with van der Waals surface area (Å²) in [5.74, 6) is 2.52. The van der Waals surface area contributed by atoms with Crippen LogP contribution in [0.2, 0.25) is 0 Å². The minimum atomic E-state index is -0.209. The van der Waals surface area contributed by atoms with E-state index in [-0.39, 0.29) is 11.5 Å². The number of benzene rings is 3. The highest BCUT2D eigenvalue weighted by molar-refractivity contribution is 9.10. The first-order valence-corrected chi connectivity index (χ1v) is 13.6.